The van der Waals surface area contributed by atoms with Crippen LogP contribution in [0.15, 0.2) is 22.7 Å². The number of hydrogen-bond acceptors (Lipinski definition) is 4. The molecule has 0 spiro atoms. The summed E-state index contributed by atoms with van der Waals surface area (Å²) in [5.74, 6) is 1.47. The average molecular weight is 509 g/mol. The lowest BCUT2D eigenvalue weighted by atomic mass is 9.93. The molecule has 3 atom stereocenters. The number of hydrogen-bond donors (Lipinski definition) is 1. The van der Waals surface area contributed by atoms with Crippen LogP contribution in [-0.2, 0) is 11.2 Å². The van der Waals surface area contributed by atoms with Gasteiger partial charge >= 0.3 is 6.03 Å². The number of nitrogens with one attached hydrogen (secondary N) is 1. The van der Waals surface area contributed by atoms with Crippen LogP contribution in [0.3, 0.4) is 0 Å². The number of carbonyl (C=O) groups excluding carboxylic acids is 1. The smallest absolute Gasteiger partial charge is 0.317 e. The molecule has 3 fully saturated rings. The number of likely N-dealkylation sites (tertiary alicyclic amines) is 1. The van der Waals surface area contributed by atoms with Crippen LogP contribution >= 0.6 is 15.9 Å². The molecule has 2 heterocycles. The van der Waals surface area contributed by atoms with E-state index in [4.69, 9.17) is 9.47 Å². The molecule has 3 aliphatic rings. The Kier molecular flexibility index (Phi) is 8.35. The van der Waals surface area contributed by atoms with Gasteiger partial charge in [0.1, 0.15) is 5.75 Å². The van der Waals surface area contributed by atoms with Gasteiger partial charge in [-0.1, -0.05) is 35.2 Å². The molecule has 0 bridgehead atoms. The molecular formula is C25H38BrN3O3. The number of nitrogens with zero attached hydrogens (tertiary/aromatic N) is 2. The fourth-order valence-corrected chi connectivity index (χ4v) is 5.90. The van der Waals surface area contributed by atoms with Crippen LogP contribution in [0.1, 0.15) is 57.4 Å². The fraction of sp³-hybridized carbons (Fsp3) is 0.720. The molecule has 2 amide bonds. The van der Waals surface area contributed by atoms with Gasteiger partial charge in [-0.3, -0.25) is 0 Å². The average Bonchev–Trinajstić information content (AvgIpc) is 3.23. The molecule has 1 N–H and O–H groups in total. The molecule has 178 valence electrons. The normalized spacial score (nSPS) is 26.2. The zero-order valence-corrected chi connectivity index (χ0v) is 21.1. The van der Waals surface area contributed by atoms with Gasteiger partial charge in [0.15, 0.2) is 6.29 Å². The van der Waals surface area contributed by atoms with Crippen LogP contribution in [0.2, 0.25) is 0 Å². The predicted molar refractivity (Wildman–Crippen MR) is 130 cm³/mol. The highest BCUT2D eigenvalue weighted by Crippen LogP contribution is 2.29. The molecule has 2 saturated heterocycles. The minimum Gasteiger partial charge on any atom is -0.465 e. The lowest BCUT2D eigenvalue weighted by Crippen LogP contribution is -2.57. The summed E-state index contributed by atoms with van der Waals surface area (Å²) >= 11 is 3.71. The fourth-order valence-electron chi connectivity index (χ4n) is 5.49. The summed E-state index contributed by atoms with van der Waals surface area (Å²) in [6, 6.07) is 7.08. The highest BCUT2D eigenvalue weighted by molar-refractivity contribution is 9.10. The largest absolute Gasteiger partial charge is 0.465 e. The standard InChI is InChI=1S/C25H38BrN3O3/c1-18(31-2)32-23-8-9-24(26)20(15-23)14-19-10-12-28(16-19)17-21-11-13-29(25(30)27-21)22-6-4-3-5-7-22/h8-9,15,18-19,21-22H,3-7,10-14,16-17H2,1-2H3,(H,27,30). The second-order valence-electron chi connectivity index (χ2n) is 9.71. The summed E-state index contributed by atoms with van der Waals surface area (Å²) in [6.07, 6.45) is 9.24. The Morgan fingerprint density at radius 3 is 2.72 bits per heavy atom. The molecule has 1 aromatic carbocycles. The number of methoxy groups -OCH3 is 1. The van der Waals surface area contributed by atoms with Crippen LogP contribution in [0.5, 0.6) is 5.75 Å². The molecule has 32 heavy (non-hydrogen) atoms. The Morgan fingerprint density at radius 2 is 1.97 bits per heavy atom. The number of amides is 2. The molecular weight excluding hydrogens is 470 g/mol. The molecule has 3 unspecified atom stereocenters. The Labute approximate surface area is 201 Å². The van der Waals surface area contributed by atoms with Gasteiger partial charge < -0.3 is 24.6 Å². The first-order valence-corrected chi connectivity index (χ1v) is 13.1. The van der Waals surface area contributed by atoms with Gasteiger partial charge in [0.25, 0.3) is 0 Å². The first kappa shape index (κ1) is 23.8. The van der Waals surface area contributed by atoms with Crippen molar-refractivity contribution in [2.75, 3.05) is 33.3 Å². The predicted octanol–water partition coefficient (Wildman–Crippen LogP) is 4.80. The van der Waals surface area contributed by atoms with Gasteiger partial charge in [0.05, 0.1) is 0 Å². The Morgan fingerprint density at radius 1 is 1.16 bits per heavy atom. The number of halogens is 1. The summed E-state index contributed by atoms with van der Waals surface area (Å²) in [5.41, 5.74) is 1.28. The van der Waals surface area contributed by atoms with Crippen molar-refractivity contribution in [3.05, 3.63) is 28.2 Å². The molecule has 6 nitrogen and oxygen atoms in total. The summed E-state index contributed by atoms with van der Waals surface area (Å²) in [6.45, 7) is 5.98. The summed E-state index contributed by atoms with van der Waals surface area (Å²) in [7, 11) is 1.65. The van der Waals surface area contributed by atoms with E-state index in [0.29, 0.717) is 12.0 Å². The zero-order chi connectivity index (χ0) is 22.5. The number of rotatable bonds is 8. The maximum absolute atomic E-state index is 12.7. The Hall–Kier alpha value is -1.31. The van der Waals surface area contributed by atoms with Crippen LogP contribution in [0.4, 0.5) is 4.79 Å². The van der Waals surface area contributed by atoms with Crippen LogP contribution in [0.25, 0.3) is 0 Å². The number of urea groups is 1. The van der Waals surface area contributed by atoms with Crippen molar-refractivity contribution in [2.45, 2.75) is 76.7 Å². The Bertz CT molecular complexity index is 771. The van der Waals surface area contributed by atoms with Gasteiger partial charge in [-0.15, -0.1) is 0 Å². The third-order valence-corrected chi connectivity index (χ3v) is 8.10. The van der Waals surface area contributed by atoms with Crippen molar-refractivity contribution < 1.29 is 14.3 Å². The van der Waals surface area contributed by atoms with Crippen molar-refractivity contribution in [3.8, 4) is 5.75 Å². The van der Waals surface area contributed by atoms with E-state index in [2.05, 4.69) is 43.2 Å². The van der Waals surface area contributed by atoms with Gasteiger partial charge in [-0.25, -0.2) is 4.79 Å². The van der Waals surface area contributed by atoms with E-state index in [9.17, 15) is 4.79 Å². The van der Waals surface area contributed by atoms with E-state index in [1.165, 1.54) is 44.1 Å². The van der Waals surface area contributed by atoms with E-state index < -0.39 is 0 Å². The quantitative estimate of drug-likeness (QED) is 0.513. The maximum Gasteiger partial charge on any atom is 0.317 e. The van der Waals surface area contributed by atoms with Crippen molar-refractivity contribution in [3.63, 3.8) is 0 Å². The molecule has 1 aliphatic carbocycles. The van der Waals surface area contributed by atoms with Crippen molar-refractivity contribution >= 4 is 22.0 Å². The molecule has 2 aliphatic heterocycles. The third kappa shape index (κ3) is 6.17. The molecule has 1 aromatic rings. The number of ether oxygens (including phenoxy) is 2. The summed E-state index contributed by atoms with van der Waals surface area (Å²) in [4.78, 5) is 17.4. The van der Waals surface area contributed by atoms with Crippen molar-refractivity contribution in [1.82, 2.24) is 15.1 Å². The van der Waals surface area contributed by atoms with E-state index in [-0.39, 0.29) is 18.4 Å². The maximum atomic E-state index is 12.7. The minimum absolute atomic E-state index is 0.162. The zero-order valence-electron chi connectivity index (χ0n) is 19.5. The van der Waals surface area contributed by atoms with Crippen molar-refractivity contribution in [1.29, 1.82) is 0 Å². The Balaban J connectivity index is 1.25. The topological polar surface area (TPSA) is 54.0 Å². The minimum atomic E-state index is -0.259. The molecule has 1 saturated carbocycles. The molecule has 7 heteroatoms. The monoisotopic (exact) mass is 507 g/mol. The van der Waals surface area contributed by atoms with E-state index in [1.54, 1.807) is 7.11 Å². The van der Waals surface area contributed by atoms with Gasteiger partial charge in [0.2, 0.25) is 0 Å². The second kappa shape index (κ2) is 11.2. The lowest BCUT2D eigenvalue weighted by Gasteiger charge is -2.40. The van der Waals surface area contributed by atoms with Crippen LogP contribution in [0, 0.1) is 5.92 Å². The van der Waals surface area contributed by atoms with Crippen LogP contribution in [-0.4, -0.2) is 67.5 Å². The van der Waals surface area contributed by atoms with E-state index in [1.807, 2.05) is 13.0 Å². The SMILES string of the molecule is COC(C)Oc1ccc(Br)c(CC2CCN(CC3CCN(C4CCCCC4)C(=O)N3)C2)c1. The third-order valence-electron chi connectivity index (χ3n) is 7.33. The number of benzene rings is 1. The van der Waals surface area contributed by atoms with Gasteiger partial charge in [-0.05, 0) is 75.3 Å². The van der Waals surface area contributed by atoms with Gasteiger partial charge in [0, 0.05) is 43.3 Å². The van der Waals surface area contributed by atoms with E-state index in [0.717, 1.165) is 49.2 Å². The second-order valence-corrected chi connectivity index (χ2v) is 10.6. The first-order valence-electron chi connectivity index (χ1n) is 12.3. The molecule has 0 radical (unpaired) electrons. The lowest BCUT2D eigenvalue weighted by molar-refractivity contribution is -0.0383. The van der Waals surface area contributed by atoms with Crippen LogP contribution < -0.4 is 10.1 Å². The highest BCUT2D eigenvalue weighted by atomic mass is 79.9. The highest BCUT2D eigenvalue weighted by Gasteiger charge is 2.33. The van der Waals surface area contributed by atoms with E-state index >= 15 is 0 Å². The van der Waals surface area contributed by atoms with Crippen molar-refractivity contribution in [2.24, 2.45) is 5.92 Å². The molecule has 0 aromatic heterocycles. The van der Waals surface area contributed by atoms with Gasteiger partial charge in [-0.2, -0.15) is 0 Å². The summed E-state index contributed by atoms with van der Waals surface area (Å²) in [5, 5.41) is 3.30. The number of carbonyl (C=O) groups is 1. The first-order chi connectivity index (χ1) is 15.5. The summed E-state index contributed by atoms with van der Waals surface area (Å²) < 4.78 is 12.2. The molecule has 4 rings (SSSR count).